The van der Waals surface area contributed by atoms with Crippen LogP contribution in [0.5, 0.6) is 0 Å². The summed E-state index contributed by atoms with van der Waals surface area (Å²) in [6, 6.07) is 0. The number of allylic oxidation sites excluding steroid dienone is 1. The van der Waals surface area contributed by atoms with E-state index in [2.05, 4.69) is 0 Å². The minimum Gasteiger partial charge on any atom is -0.508 e. The topological polar surface area (TPSA) is 74.6 Å². The van der Waals surface area contributed by atoms with Crippen LogP contribution in [0.15, 0.2) is 24.0 Å². The Labute approximate surface area is 64.6 Å². The van der Waals surface area contributed by atoms with Crippen molar-refractivity contribution in [1.29, 1.82) is 0 Å². The Morgan fingerprint density at radius 1 is 1.45 bits per heavy atom. The SMILES string of the molecule is O=S(=O)=C1C=C(O)C=CC1O. The van der Waals surface area contributed by atoms with Gasteiger partial charge in [-0.05, 0) is 12.2 Å². The maximum Gasteiger partial charge on any atom is 0.220 e. The highest BCUT2D eigenvalue weighted by Crippen LogP contribution is 2.04. The molecule has 0 bridgehead atoms. The van der Waals surface area contributed by atoms with E-state index < -0.39 is 16.4 Å². The molecule has 0 saturated heterocycles. The van der Waals surface area contributed by atoms with Crippen LogP contribution in [0.25, 0.3) is 0 Å². The second-order valence-electron chi connectivity index (χ2n) is 2.01. The molecule has 1 unspecified atom stereocenters. The highest BCUT2D eigenvalue weighted by atomic mass is 32.2. The Morgan fingerprint density at radius 2 is 2.09 bits per heavy atom. The van der Waals surface area contributed by atoms with Crippen LogP contribution in [-0.4, -0.2) is 29.6 Å². The van der Waals surface area contributed by atoms with Gasteiger partial charge >= 0.3 is 0 Å². The van der Waals surface area contributed by atoms with Gasteiger partial charge in [0.15, 0.2) is 0 Å². The van der Waals surface area contributed by atoms with Gasteiger partial charge in [0.1, 0.15) is 16.7 Å². The number of hydrogen-bond acceptors (Lipinski definition) is 4. The quantitative estimate of drug-likeness (QED) is 0.481. The molecule has 0 saturated carbocycles. The van der Waals surface area contributed by atoms with Gasteiger partial charge in [-0.15, -0.1) is 0 Å². The third-order valence-corrected chi connectivity index (χ3v) is 1.97. The van der Waals surface area contributed by atoms with E-state index in [0.29, 0.717) is 0 Å². The summed E-state index contributed by atoms with van der Waals surface area (Å²) in [6.07, 6.45) is 2.30. The van der Waals surface area contributed by atoms with Gasteiger partial charge in [-0.2, -0.15) is 8.42 Å². The van der Waals surface area contributed by atoms with Crippen molar-refractivity contribution in [2.24, 2.45) is 0 Å². The summed E-state index contributed by atoms with van der Waals surface area (Å²) in [7, 11) is -2.47. The second-order valence-corrected chi connectivity index (χ2v) is 2.95. The van der Waals surface area contributed by atoms with Crippen molar-refractivity contribution < 1.29 is 18.6 Å². The van der Waals surface area contributed by atoms with Crippen LogP contribution in [0.3, 0.4) is 0 Å². The number of aliphatic hydroxyl groups is 2. The molecule has 1 aliphatic carbocycles. The van der Waals surface area contributed by atoms with Crippen molar-refractivity contribution in [3.05, 3.63) is 24.0 Å². The summed E-state index contributed by atoms with van der Waals surface area (Å²) >= 11 is 0. The van der Waals surface area contributed by atoms with Crippen LogP contribution >= 0.6 is 0 Å². The third-order valence-electron chi connectivity index (χ3n) is 1.22. The lowest BCUT2D eigenvalue weighted by Crippen LogP contribution is -2.19. The lowest BCUT2D eigenvalue weighted by atomic mass is 10.1. The third kappa shape index (κ3) is 1.69. The largest absolute Gasteiger partial charge is 0.508 e. The monoisotopic (exact) mass is 174 g/mol. The summed E-state index contributed by atoms with van der Waals surface area (Å²) in [5.74, 6) is -0.172. The molecule has 0 amide bonds. The van der Waals surface area contributed by atoms with E-state index in [1.165, 1.54) is 12.2 Å². The fraction of sp³-hybridized carbons (Fsp3) is 0.167. The van der Waals surface area contributed by atoms with Gasteiger partial charge in [0.05, 0.1) is 0 Å². The van der Waals surface area contributed by atoms with Gasteiger partial charge in [0.2, 0.25) is 10.3 Å². The molecule has 0 aliphatic heterocycles. The van der Waals surface area contributed by atoms with Crippen LogP contribution in [0.1, 0.15) is 0 Å². The van der Waals surface area contributed by atoms with Gasteiger partial charge in [0, 0.05) is 6.08 Å². The smallest absolute Gasteiger partial charge is 0.220 e. The van der Waals surface area contributed by atoms with Gasteiger partial charge in [-0.1, -0.05) is 0 Å². The maximum atomic E-state index is 10.3. The first kappa shape index (κ1) is 8.03. The summed E-state index contributed by atoms with van der Waals surface area (Å²) in [4.78, 5) is -0.218. The molecule has 0 aromatic carbocycles. The average Bonchev–Trinajstić information content (AvgIpc) is 1.94. The molecule has 11 heavy (non-hydrogen) atoms. The van der Waals surface area contributed by atoms with E-state index in [1.807, 2.05) is 0 Å². The summed E-state index contributed by atoms with van der Waals surface area (Å²) < 4.78 is 20.6. The zero-order valence-electron chi connectivity index (χ0n) is 5.43. The van der Waals surface area contributed by atoms with E-state index in [-0.39, 0.29) is 10.6 Å². The maximum absolute atomic E-state index is 10.3. The highest BCUT2D eigenvalue weighted by molar-refractivity contribution is 7.73. The molecule has 1 aliphatic rings. The molecule has 1 atom stereocenters. The first-order valence-electron chi connectivity index (χ1n) is 2.84. The summed E-state index contributed by atoms with van der Waals surface area (Å²) in [6.45, 7) is 0. The van der Waals surface area contributed by atoms with Crippen molar-refractivity contribution in [3.8, 4) is 0 Å². The molecular weight excluding hydrogens is 168 g/mol. The highest BCUT2D eigenvalue weighted by Gasteiger charge is 2.13. The Bertz CT molecular complexity index is 339. The van der Waals surface area contributed by atoms with E-state index in [4.69, 9.17) is 10.2 Å². The number of rotatable bonds is 0. The summed E-state index contributed by atoms with van der Waals surface area (Å²) in [5.41, 5.74) is 0. The molecule has 60 valence electrons. The molecule has 0 aromatic heterocycles. The Kier molecular flexibility index (Phi) is 2.11. The van der Waals surface area contributed by atoms with Gasteiger partial charge in [-0.25, -0.2) is 0 Å². The van der Waals surface area contributed by atoms with E-state index in [9.17, 15) is 8.42 Å². The molecule has 0 heterocycles. The van der Waals surface area contributed by atoms with E-state index >= 15 is 0 Å². The normalized spacial score (nSPS) is 23.2. The van der Waals surface area contributed by atoms with E-state index in [0.717, 1.165) is 6.08 Å². The van der Waals surface area contributed by atoms with Crippen molar-refractivity contribution in [2.45, 2.75) is 6.10 Å². The van der Waals surface area contributed by atoms with Crippen LogP contribution < -0.4 is 0 Å². The Morgan fingerprint density at radius 3 is 2.55 bits per heavy atom. The molecule has 0 spiro atoms. The zero-order chi connectivity index (χ0) is 8.43. The predicted molar refractivity (Wildman–Crippen MR) is 39.8 cm³/mol. The van der Waals surface area contributed by atoms with Gasteiger partial charge in [-0.3, -0.25) is 0 Å². The Hall–Kier alpha value is -1.07. The molecular formula is C6H6O4S. The predicted octanol–water partition coefficient (Wildman–Crippen LogP) is -0.589. The van der Waals surface area contributed by atoms with Crippen molar-refractivity contribution in [2.75, 3.05) is 0 Å². The first-order chi connectivity index (χ1) is 5.11. The molecule has 0 aromatic rings. The number of aliphatic hydroxyl groups excluding tert-OH is 2. The summed E-state index contributed by atoms with van der Waals surface area (Å²) in [5, 5.41) is 17.8. The number of hydrogen-bond donors (Lipinski definition) is 2. The molecule has 0 radical (unpaired) electrons. The van der Waals surface area contributed by atoms with Crippen LogP contribution in [-0.2, 0) is 10.3 Å². The standard InChI is InChI=1S/C6H6O4S/c7-4-1-2-5(8)6(3-4)11(9)10/h1-3,5,7-8H. The van der Waals surface area contributed by atoms with E-state index in [1.54, 1.807) is 0 Å². The minimum atomic E-state index is -2.47. The Balaban J connectivity index is 3.21. The van der Waals surface area contributed by atoms with Crippen molar-refractivity contribution >= 4 is 15.2 Å². The molecule has 0 fully saturated rings. The van der Waals surface area contributed by atoms with Gasteiger partial charge in [0.25, 0.3) is 0 Å². The van der Waals surface area contributed by atoms with Crippen LogP contribution in [0, 0.1) is 0 Å². The van der Waals surface area contributed by atoms with Crippen molar-refractivity contribution in [3.63, 3.8) is 0 Å². The molecule has 5 heteroatoms. The van der Waals surface area contributed by atoms with Gasteiger partial charge < -0.3 is 10.2 Å². The average molecular weight is 174 g/mol. The lowest BCUT2D eigenvalue weighted by molar-refractivity contribution is 0.289. The van der Waals surface area contributed by atoms with Crippen molar-refractivity contribution in [1.82, 2.24) is 0 Å². The van der Waals surface area contributed by atoms with Crippen LogP contribution in [0.2, 0.25) is 0 Å². The molecule has 2 N–H and O–H groups in total. The molecule has 1 rings (SSSR count). The first-order valence-corrected chi connectivity index (χ1v) is 3.92. The fourth-order valence-corrected chi connectivity index (χ4v) is 1.20. The molecule has 4 nitrogen and oxygen atoms in total. The lowest BCUT2D eigenvalue weighted by Gasteiger charge is -2.06. The zero-order valence-corrected chi connectivity index (χ0v) is 6.25. The second kappa shape index (κ2) is 2.89. The fourth-order valence-electron chi connectivity index (χ4n) is 0.711. The minimum absolute atomic E-state index is 0.172. The van der Waals surface area contributed by atoms with Crippen LogP contribution in [0.4, 0.5) is 0 Å².